The summed E-state index contributed by atoms with van der Waals surface area (Å²) in [4.78, 5) is 0. The summed E-state index contributed by atoms with van der Waals surface area (Å²) in [6.07, 6.45) is 4.21. The molecule has 1 heterocycles. The molecule has 0 saturated heterocycles. The first kappa shape index (κ1) is 14.7. The van der Waals surface area contributed by atoms with E-state index in [2.05, 4.69) is 53.3 Å². The average molecular weight is 316 g/mol. The van der Waals surface area contributed by atoms with Crippen molar-refractivity contribution in [2.45, 2.75) is 6.04 Å². The van der Waals surface area contributed by atoms with Crippen LogP contribution in [0.5, 0.6) is 0 Å². The van der Waals surface area contributed by atoms with Gasteiger partial charge in [0.25, 0.3) is 0 Å². The van der Waals surface area contributed by atoms with Crippen molar-refractivity contribution in [3.63, 3.8) is 0 Å². The number of rotatable bonds is 3. The third-order valence-corrected chi connectivity index (χ3v) is 4.21. The molecular formula is C21H17FN2. The van der Waals surface area contributed by atoms with Gasteiger partial charge in [-0.1, -0.05) is 60.7 Å². The normalized spacial score (nSPS) is 16.1. The Bertz CT molecular complexity index is 870. The van der Waals surface area contributed by atoms with Crippen molar-refractivity contribution in [1.82, 2.24) is 5.43 Å². The van der Waals surface area contributed by atoms with E-state index in [0.717, 1.165) is 22.4 Å². The number of fused-ring (bicyclic) bond motifs is 1. The fourth-order valence-electron chi connectivity index (χ4n) is 2.94. The molecule has 1 aliphatic heterocycles. The number of hydrogen-bond acceptors (Lipinski definition) is 2. The number of anilines is 1. The molecule has 2 nitrogen and oxygen atoms in total. The van der Waals surface area contributed by atoms with Gasteiger partial charge in [-0.25, -0.2) is 9.82 Å². The van der Waals surface area contributed by atoms with E-state index in [0.29, 0.717) is 0 Å². The minimum atomic E-state index is -0.218. The van der Waals surface area contributed by atoms with Gasteiger partial charge in [0, 0.05) is 5.56 Å². The van der Waals surface area contributed by atoms with Crippen LogP contribution in [-0.4, -0.2) is 0 Å². The highest BCUT2D eigenvalue weighted by atomic mass is 19.1. The molecule has 0 bridgehead atoms. The van der Waals surface area contributed by atoms with E-state index in [-0.39, 0.29) is 11.9 Å². The van der Waals surface area contributed by atoms with E-state index in [1.165, 1.54) is 17.7 Å². The Morgan fingerprint density at radius 2 is 1.54 bits per heavy atom. The summed E-state index contributed by atoms with van der Waals surface area (Å²) in [5, 5.41) is 0. The molecule has 0 fully saturated rings. The molecule has 1 unspecified atom stereocenters. The number of hydrogen-bond donors (Lipinski definition) is 2. The zero-order valence-corrected chi connectivity index (χ0v) is 13.0. The van der Waals surface area contributed by atoms with E-state index in [9.17, 15) is 4.39 Å². The van der Waals surface area contributed by atoms with Gasteiger partial charge in [0.1, 0.15) is 5.82 Å². The minimum Gasteiger partial charge on any atom is -0.320 e. The highest BCUT2D eigenvalue weighted by molar-refractivity contribution is 5.72. The van der Waals surface area contributed by atoms with Crippen LogP contribution in [0.4, 0.5) is 10.1 Å². The van der Waals surface area contributed by atoms with Gasteiger partial charge in [-0.3, -0.25) is 0 Å². The summed E-state index contributed by atoms with van der Waals surface area (Å²) in [5.74, 6) is -0.218. The zero-order valence-electron chi connectivity index (χ0n) is 13.0. The maximum Gasteiger partial charge on any atom is 0.123 e. The maximum atomic E-state index is 13.2. The summed E-state index contributed by atoms with van der Waals surface area (Å²) < 4.78 is 13.2. The summed E-state index contributed by atoms with van der Waals surface area (Å²) in [6, 6.07) is 23.2. The lowest BCUT2D eigenvalue weighted by Gasteiger charge is -2.11. The highest BCUT2D eigenvalue weighted by Gasteiger charge is 2.23. The van der Waals surface area contributed by atoms with E-state index in [1.54, 1.807) is 0 Å². The van der Waals surface area contributed by atoms with Gasteiger partial charge >= 0.3 is 0 Å². The lowest BCUT2D eigenvalue weighted by molar-refractivity contribution is 0.625. The first-order chi connectivity index (χ1) is 11.8. The Hall–Kier alpha value is -2.91. The number of benzene rings is 3. The van der Waals surface area contributed by atoms with Crippen molar-refractivity contribution in [3.8, 4) is 0 Å². The van der Waals surface area contributed by atoms with Crippen LogP contribution in [0.2, 0.25) is 0 Å². The Balaban J connectivity index is 1.63. The van der Waals surface area contributed by atoms with E-state index >= 15 is 0 Å². The predicted molar refractivity (Wildman–Crippen MR) is 96.8 cm³/mol. The van der Waals surface area contributed by atoms with E-state index in [4.69, 9.17) is 0 Å². The quantitative estimate of drug-likeness (QED) is 0.663. The molecule has 0 aromatic heterocycles. The summed E-state index contributed by atoms with van der Waals surface area (Å²) in [7, 11) is 0. The number of hydrazine groups is 1. The summed E-state index contributed by atoms with van der Waals surface area (Å²) in [5.41, 5.74) is 12.0. The van der Waals surface area contributed by atoms with Gasteiger partial charge in [-0.15, -0.1) is 0 Å². The molecular weight excluding hydrogens is 299 g/mol. The van der Waals surface area contributed by atoms with Crippen LogP contribution in [0, 0.1) is 5.82 Å². The average Bonchev–Trinajstić information content (AvgIpc) is 3.05. The van der Waals surface area contributed by atoms with Crippen molar-refractivity contribution < 1.29 is 4.39 Å². The molecule has 4 rings (SSSR count). The molecule has 3 heteroatoms. The van der Waals surface area contributed by atoms with Crippen LogP contribution in [0.1, 0.15) is 28.3 Å². The highest BCUT2D eigenvalue weighted by Crippen LogP contribution is 2.34. The monoisotopic (exact) mass is 316 g/mol. The van der Waals surface area contributed by atoms with Crippen LogP contribution < -0.4 is 10.9 Å². The third kappa shape index (κ3) is 2.94. The first-order valence-electron chi connectivity index (χ1n) is 7.94. The molecule has 0 spiro atoms. The van der Waals surface area contributed by atoms with Crippen LogP contribution in [-0.2, 0) is 0 Å². The van der Waals surface area contributed by atoms with Gasteiger partial charge in [0.05, 0.1) is 11.7 Å². The Morgan fingerprint density at radius 3 is 2.33 bits per heavy atom. The van der Waals surface area contributed by atoms with Gasteiger partial charge in [-0.2, -0.15) is 0 Å². The molecule has 2 N–H and O–H groups in total. The van der Waals surface area contributed by atoms with Gasteiger partial charge in [0.2, 0.25) is 0 Å². The molecule has 118 valence electrons. The zero-order chi connectivity index (χ0) is 16.4. The molecule has 0 saturated carbocycles. The lowest BCUT2D eigenvalue weighted by atomic mass is 9.97. The molecule has 3 aromatic rings. The van der Waals surface area contributed by atoms with E-state index in [1.807, 2.05) is 30.3 Å². The van der Waals surface area contributed by atoms with Crippen molar-refractivity contribution in [1.29, 1.82) is 0 Å². The summed E-state index contributed by atoms with van der Waals surface area (Å²) in [6.45, 7) is 0. The summed E-state index contributed by atoms with van der Waals surface area (Å²) >= 11 is 0. The Kier molecular flexibility index (Phi) is 3.85. The molecule has 24 heavy (non-hydrogen) atoms. The minimum absolute atomic E-state index is 0.0191. The van der Waals surface area contributed by atoms with Gasteiger partial charge < -0.3 is 5.43 Å². The third-order valence-electron chi connectivity index (χ3n) is 4.21. The van der Waals surface area contributed by atoms with Crippen molar-refractivity contribution in [3.05, 3.63) is 101 Å². The molecule has 0 amide bonds. The van der Waals surface area contributed by atoms with Crippen LogP contribution in [0.15, 0.2) is 72.8 Å². The second kappa shape index (κ2) is 6.30. The molecule has 1 aliphatic rings. The smallest absolute Gasteiger partial charge is 0.123 e. The second-order valence-corrected chi connectivity index (χ2v) is 5.84. The van der Waals surface area contributed by atoms with Gasteiger partial charge in [0.15, 0.2) is 0 Å². The lowest BCUT2D eigenvalue weighted by Crippen LogP contribution is -2.19. The van der Waals surface area contributed by atoms with Crippen LogP contribution >= 0.6 is 0 Å². The largest absolute Gasteiger partial charge is 0.320 e. The fourth-order valence-corrected chi connectivity index (χ4v) is 2.94. The first-order valence-corrected chi connectivity index (χ1v) is 7.94. The van der Waals surface area contributed by atoms with Crippen LogP contribution in [0.3, 0.4) is 0 Å². The second-order valence-electron chi connectivity index (χ2n) is 5.84. The predicted octanol–water partition coefficient (Wildman–Crippen LogP) is 5.02. The molecule has 0 radical (unpaired) electrons. The molecule has 0 aliphatic carbocycles. The van der Waals surface area contributed by atoms with Crippen molar-refractivity contribution in [2.75, 3.05) is 5.43 Å². The Labute approximate surface area is 140 Å². The molecule has 3 aromatic carbocycles. The van der Waals surface area contributed by atoms with Crippen molar-refractivity contribution in [2.24, 2.45) is 0 Å². The van der Waals surface area contributed by atoms with Crippen LogP contribution in [0.25, 0.3) is 12.2 Å². The Morgan fingerprint density at radius 1 is 0.792 bits per heavy atom. The standard InChI is InChI=1S/C21H17FN2/c22-18-11-9-17(10-12-18)21-19-14-16(8-13-20(19)23-24-21)7-6-15-4-2-1-3-5-15/h1-14,21,23-24H/b7-6+. The number of halogens is 1. The van der Waals surface area contributed by atoms with Gasteiger partial charge in [-0.05, 0) is 41.0 Å². The topological polar surface area (TPSA) is 24.1 Å². The number of nitrogens with one attached hydrogen (secondary N) is 2. The molecule has 1 atom stereocenters. The fraction of sp³-hybridized carbons (Fsp3) is 0.0476. The van der Waals surface area contributed by atoms with Crippen molar-refractivity contribution >= 4 is 17.8 Å². The SMILES string of the molecule is Fc1ccc(C2NNc3ccc(/C=C/c4ccccc4)cc32)cc1. The van der Waals surface area contributed by atoms with E-state index < -0.39 is 0 Å². The maximum absolute atomic E-state index is 13.2.